The van der Waals surface area contributed by atoms with Crippen molar-refractivity contribution < 1.29 is 19.1 Å². The van der Waals surface area contributed by atoms with Gasteiger partial charge in [-0.2, -0.15) is 0 Å². The predicted molar refractivity (Wildman–Crippen MR) is 119 cm³/mol. The maximum absolute atomic E-state index is 12.9. The third-order valence-corrected chi connectivity index (χ3v) is 7.00. The van der Waals surface area contributed by atoms with Gasteiger partial charge in [-0.25, -0.2) is 0 Å². The van der Waals surface area contributed by atoms with Crippen LogP contribution in [0.25, 0.3) is 0 Å². The molecule has 0 unspecified atom stereocenters. The van der Waals surface area contributed by atoms with Crippen molar-refractivity contribution in [2.45, 2.75) is 38.5 Å². The second-order valence-corrected chi connectivity index (χ2v) is 9.84. The number of para-hydroxylation sites is 1. The number of hydrogen-bond acceptors (Lipinski definition) is 5. The first-order valence-corrected chi connectivity index (χ1v) is 11.4. The van der Waals surface area contributed by atoms with E-state index < -0.39 is 0 Å². The van der Waals surface area contributed by atoms with Gasteiger partial charge in [-0.3, -0.25) is 14.5 Å². The molecule has 4 rings (SSSR count). The predicted octanol–water partition coefficient (Wildman–Crippen LogP) is 1.95. The Morgan fingerprint density at radius 1 is 1.06 bits per heavy atom. The molecule has 1 aromatic carbocycles. The van der Waals surface area contributed by atoms with E-state index in [2.05, 4.69) is 30.1 Å². The minimum atomic E-state index is -0.217. The fourth-order valence-electron chi connectivity index (χ4n) is 5.07. The molecule has 0 aromatic heterocycles. The third kappa shape index (κ3) is 5.10. The fourth-order valence-corrected chi connectivity index (χ4v) is 5.07. The van der Waals surface area contributed by atoms with E-state index in [1.54, 1.807) is 4.90 Å². The summed E-state index contributed by atoms with van der Waals surface area (Å²) in [6.07, 6.45) is 2.28. The largest absolute Gasteiger partial charge is 0.381 e. The molecule has 31 heavy (non-hydrogen) atoms. The highest BCUT2D eigenvalue weighted by atomic mass is 16.5. The molecular weight excluding hydrogens is 394 g/mol. The maximum Gasteiger partial charge on any atom is 0.240 e. The van der Waals surface area contributed by atoms with Crippen LogP contribution in [0.4, 0.5) is 5.69 Å². The maximum atomic E-state index is 12.9. The highest BCUT2D eigenvalue weighted by molar-refractivity contribution is 6.02. The van der Waals surface area contributed by atoms with E-state index in [9.17, 15) is 9.59 Å². The van der Waals surface area contributed by atoms with Gasteiger partial charge in [0, 0.05) is 62.3 Å². The molecule has 0 bridgehead atoms. The van der Waals surface area contributed by atoms with Gasteiger partial charge in [0.1, 0.15) is 6.54 Å². The summed E-state index contributed by atoms with van der Waals surface area (Å²) in [5.74, 6) is -0.0938. The van der Waals surface area contributed by atoms with Crippen molar-refractivity contribution in [1.82, 2.24) is 10.2 Å². The van der Waals surface area contributed by atoms with Crippen molar-refractivity contribution in [2.75, 3.05) is 64.1 Å². The molecule has 2 fully saturated rings. The zero-order valence-electron chi connectivity index (χ0n) is 18.8. The van der Waals surface area contributed by atoms with Gasteiger partial charge in [0.15, 0.2) is 0 Å². The lowest BCUT2D eigenvalue weighted by Gasteiger charge is -2.42. The lowest BCUT2D eigenvalue weighted by Crippen LogP contribution is -2.52. The minimum absolute atomic E-state index is 0.00736. The number of ether oxygens (including phenoxy) is 2. The van der Waals surface area contributed by atoms with Crippen LogP contribution in [0.5, 0.6) is 0 Å². The average Bonchev–Trinajstić information content (AvgIpc) is 2.76. The number of morpholine rings is 1. The summed E-state index contributed by atoms with van der Waals surface area (Å²) in [6, 6.07) is 7.93. The summed E-state index contributed by atoms with van der Waals surface area (Å²) in [7, 11) is 0. The van der Waals surface area contributed by atoms with Gasteiger partial charge in [0.25, 0.3) is 0 Å². The highest BCUT2D eigenvalue weighted by Crippen LogP contribution is 2.39. The van der Waals surface area contributed by atoms with Crippen LogP contribution >= 0.6 is 0 Å². The number of nitrogens with one attached hydrogen (secondary N) is 1. The Hall–Kier alpha value is -1.96. The van der Waals surface area contributed by atoms with Crippen LogP contribution in [0.1, 0.15) is 38.7 Å². The van der Waals surface area contributed by atoms with Crippen LogP contribution in [0.3, 0.4) is 0 Å². The first kappa shape index (κ1) is 22.2. The van der Waals surface area contributed by atoms with Gasteiger partial charge in [0.05, 0.1) is 13.2 Å². The Morgan fingerprint density at radius 3 is 2.48 bits per heavy atom. The van der Waals surface area contributed by atoms with Crippen molar-refractivity contribution in [3.05, 3.63) is 29.8 Å². The van der Waals surface area contributed by atoms with E-state index in [0.717, 1.165) is 70.2 Å². The van der Waals surface area contributed by atoms with Crippen LogP contribution in [0.15, 0.2) is 24.3 Å². The smallest absolute Gasteiger partial charge is 0.240 e. The minimum Gasteiger partial charge on any atom is -0.381 e. The molecule has 0 atom stereocenters. The first-order valence-electron chi connectivity index (χ1n) is 11.4. The van der Waals surface area contributed by atoms with Crippen molar-refractivity contribution >= 4 is 17.5 Å². The van der Waals surface area contributed by atoms with E-state index >= 15 is 0 Å². The van der Waals surface area contributed by atoms with Crippen LogP contribution in [-0.2, 0) is 24.5 Å². The molecule has 0 aliphatic carbocycles. The van der Waals surface area contributed by atoms with Gasteiger partial charge in [-0.1, -0.05) is 32.0 Å². The molecule has 2 saturated heterocycles. The molecule has 0 saturated carbocycles. The number of benzene rings is 1. The monoisotopic (exact) mass is 429 g/mol. The zero-order valence-corrected chi connectivity index (χ0v) is 18.8. The molecule has 3 aliphatic heterocycles. The third-order valence-electron chi connectivity index (χ3n) is 7.00. The summed E-state index contributed by atoms with van der Waals surface area (Å²) >= 11 is 0. The summed E-state index contributed by atoms with van der Waals surface area (Å²) in [4.78, 5) is 29.9. The van der Waals surface area contributed by atoms with E-state index in [4.69, 9.17) is 9.47 Å². The molecule has 1 aromatic rings. The number of hydrogen-bond donors (Lipinski definition) is 1. The van der Waals surface area contributed by atoms with Crippen molar-refractivity contribution in [3.63, 3.8) is 0 Å². The second kappa shape index (κ2) is 9.27. The Labute approximate surface area is 185 Å². The Balaban J connectivity index is 1.41. The number of anilines is 1. The molecule has 3 heterocycles. The van der Waals surface area contributed by atoms with Crippen LogP contribution in [0.2, 0.25) is 0 Å². The number of amides is 2. The number of carbonyl (C=O) groups excluding carboxylic acids is 2. The lowest BCUT2D eigenvalue weighted by molar-refractivity contribution is -0.125. The van der Waals surface area contributed by atoms with Gasteiger partial charge >= 0.3 is 0 Å². The van der Waals surface area contributed by atoms with Gasteiger partial charge in [-0.05, 0) is 24.5 Å². The lowest BCUT2D eigenvalue weighted by atomic mass is 9.77. The Morgan fingerprint density at radius 2 is 1.74 bits per heavy atom. The summed E-state index contributed by atoms with van der Waals surface area (Å²) in [5.41, 5.74) is 1.77. The molecule has 0 spiro atoms. The van der Waals surface area contributed by atoms with Crippen LogP contribution in [0, 0.1) is 5.41 Å². The van der Waals surface area contributed by atoms with Crippen LogP contribution < -0.4 is 10.2 Å². The van der Waals surface area contributed by atoms with E-state index in [-0.39, 0.29) is 29.2 Å². The quantitative estimate of drug-likeness (QED) is 0.749. The fraction of sp³-hybridized carbons (Fsp3) is 0.667. The number of nitrogens with zero attached hydrogens (tertiary/aromatic N) is 2. The molecule has 1 N–H and O–H groups in total. The van der Waals surface area contributed by atoms with Crippen molar-refractivity contribution in [3.8, 4) is 0 Å². The number of carbonyl (C=O) groups is 2. The summed E-state index contributed by atoms with van der Waals surface area (Å²) < 4.78 is 11.1. The van der Waals surface area contributed by atoms with Gasteiger partial charge in [-0.15, -0.1) is 0 Å². The molecule has 0 radical (unpaired) electrons. The molecule has 2 amide bonds. The number of rotatable bonds is 6. The van der Waals surface area contributed by atoms with Crippen LogP contribution in [-0.4, -0.2) is 75.9 Å². The standard InChI is InChI=1S/C24H35N3O4/c1-23(2)15-22(29)27(20-6-4-3-5-19(20)23)16-21(28)25-17-24(7-11-30-12-8-24)18-26-9-13-31-14-10-26/h3-6H,7-18H2,1-2H3,(H,25,28). The van der Waals surface area contributed by atoms with E-state index in [0.29, 0.717) is 13.0 Å². The summed E-state index contributed by atoms with van der Waals surface area (Å²) in [5, 5.41) is 3.16. The van der Waals surface area contributed by atoms with Gasteiger partial charge < -0.3 is 19.7 Å². The first-order chi connectivity index (χ1) is 14.9. The Bertz CT molecular complexity index is 798. The van der Waals surface area contributed by atoms with Gasteiger partial charge in [0.2, 0.25) is 11.8 Å². The number of fused-ring (bicyclic) bond motifs is 1. The second-order valence-electron chi connectivity index (χ2n) is 9.84. The molecule has 170 valence electrons. The molecule has 7 heteroatoms. The normalized spacial score (nSPS) is 23.3. The van der Waals surface area contributed by atoms with E-state index in [1.807, 2.05) is 18.2 Å². The zero-order chi connectivity index (χ0) is 21.9. The highest BCUT2D eigenvalue weighted by Gasteiger charge is 2.38. The molecule has 3 aliphatic rings. The summed E-state index contributed by atoms with van der Waals surface area (Å²) in [6.45, 7) is 10.7. The Kier molecular flexibility index (Phi) is 6.65. The average molecular weight is 430 g/mol. The SMILES string of the molecule is CC1(C)CC(=O)N(CC(=O)NCC2(CN3CCOCC3)CCOCC2)c2ccccc21. The topological polar surface area (TPSA) is 71.1 Å². The van der Waals surface area contributed by atoms with Crippen molar-refractivity contribution in [1.29, 1.82) is 0 Å². The molecule has 7 nitrogen and oxygen atoms in total. The van der Waals surface area contributed by atoms with Crippen molar-refractivity contribution in [2.24, 2.45) is 5.41 Å². The molecular formula is C24H35N3O4. The van der Waals surface area contributed by atoms with E-state index in [1.165, 1.54) is 0 Å².